The van der Waals surface area contributed by atoms with Crippen LogP contribution in [0.1, 0.15) is 10.4 Å². The highest BCUT2D eigenvalue weighted by Crippen LogP contribution is 2.31. The second kappa shape index (κ2) is 6.41. The zero-order chi connectivity index (χ0) is 15.4. The van der Waals surface area contributed by atoms with Crippen LogP contribution in [-0.2, 0) is 0 Å². The van der Waals surface area contributed by atoms with Crippen molar-refractivity contribution in [1.29, 1.82) is 0 Å². The SMILES string of the molecule is COc1ccccc1C(=O)N(c1ccccc1)c1nccs1. The van der Waals surface area contributed by atoms with E-state index < -0.39 is 0 Å². The maximum Gasteiger partial charge on any atom is 0.268 e. The first-order valence-electron chi connectivity index (χ1n) is 6.73. The summed E-state index contributed by atoms with van der Waals surface area (Å²) in [5.74, 6) is 0.378. The van der Waals surface area contributed by atoms with E-state index in [9.17, 15) is 4.79 Å². The molecule has 110 valence electrons. The molecule has 0 fully saturated rings. The monoisotopic (exact) mass is 310 g/mol. The van der Waals surface area contributed by atoms with Gasteiger partial charge in [0.2, 0.25) is 0 Å². The Bertz CT molecular complexity index is 757. The average molecular weight is 310 g/mol. The fourth-order valence-electron chi connectivity index (χ4n) is 2.16. The van der Waals surface area contributed by atoms with Crippen molar-refractivity contribution in [2.45, 2.75) is 0 Å². The van der Waals surface area contributed by atoms with Gasteiger partial charge in [-0.15, -0.1) is 11.3 Å². The highest BCUT2D eigenvalue weighted by molar-refractivity contribution is 7.13. The fraction of sp³-hybridized carbons (Fsp3) is 0.0588. The molecule has 4 nitrogen and oxygen atoms in total. The maximum atomic E-state index is 13.0. The van der Waals surface area contributed by atoms with Crippen molar-refractivity contribution in [2.24, 2.45) is 0 Å². The van der Waals surface area contributed by atoms with Crippen LogP contribution in [0.25, 0.3) is 0 Å². The highest BCUT2D eigenvalue weighted by atomic mass is 32.1. The third-order valence-corrected chi connectivity index (χ3v) is 3.92. The molecule has 5 heteroatoms. The van der Waals surface area contributed by atoms with E-state index in [1.165, 1.54) is 11.3 Å². The first-order valence-corrected chi connectivity index (χ1v) is 7.61. The molecule has 0 aliphatic carbocycles. The average Bonchev–Trinajstić information content (AvgIpc) is 3.10. The number of carbonyl (C=O) groups excluding carboxylic acids is 1. The Labute approximate surface area is 132 Å². The number of benzene rings is 2. The first kappa shape index (κ1) is 14.3. The van der Waals surface area contributed by atoms with E-state index in [2.05, 4.69) is 4.98 Å². The van der Waals surface area contributed by atoms with Crippen LogP contribution in [0.3, 0.4) is 0 Å². The Morgan fingerprint density at radius 2 is 1.82 bits per heavy atom. The predicted molar refractivity (Wildman–Crippen MR) is 88.0 cm³/mol. The van der Waals surface area contributed by atoms with E-state index >= 15 is 0 Å². The molecule has 1 aromatic heterocycles. The summed E-state index contributed by atoms with van der Waals surface area (Å²) >= 11 is 1.42. The smallest absolute Gasteiger partial charge is 0.268 e. The summed E-state index contributed by atoms with van der Waals surface area (Å²) in [7, 11) is 1.56. The van der Waals surface area contributed by atoms with Crippen molar-refractivity contribution in [3.8, 4) is 5.75 Å². The van der Waals surface area contributed by atoms with Crippen LogP contribution in [0.15, 0.2) is 66.2 Å². The van der Waals surface area contributed by atoms with Crippen molar-refractivity contribution < 1.29 is 9.53 Å². The Hall–Kier alpha value is -2.66. The van der Waals surface area contributed by atoms with Crippen molar-refractivity contribution in [1.82, 2.24) is 4.98 Å². The number of methoxy groups -OCH3 is 1. The Balaban J connectivity index is 2.09. The normalized spacial score (nSPS) is 10.2. The number of rotatable bonds is 4. The number of amides is 1. The summed E-state index contributed by atoms with van der Waals surface area (Å²) in [6, 6.07) is 16.7. The van der Waals surface area contributed by atoms with Crippen LogP contribution in [0.2, 0.25) is 0 Å². The van der Waals surface area contributed by atoms with E-state index in [1.807, 2.05) is 47.8 Å². The molecular weight excluding hydrogens is 296 g/mol. The van der Waals surface area contributed by atoms with Crippen molar-refractivity contribution in [3.63, 3.8) is 0 Å². The van der Waals surface area contributed by atoms with Crippen LogP contribution < -0.4 is 9.64 Å². The van der Waals surface area contributed by atoms with Gasteiger partial charge in [-0.25, -0.2) is 4.98 Å². The molecule has 0 unspecified atom stereocenters. The minimum absolute atomic E-state index is 0.168. The number of anilines is 2. The second-order valence-electron chi connectivity index (χ2n) is 4.49. The molecule has 0 N–H and O–H groups in total. The molecule has 0 saturated heterocycles. The molecule has 1 heterocycles. The van der Waals surface area contributed by atoms with Crippen LogP contribution in [0, 0.1) is 0 Å². The Morgan fingerprint density at radius 3 is 2.50 bits per heavy atom. The second-order valence-corrected chi connectivity index (χ2v) is 5.36. The number of ether oxygens (including phenoxy) is 1. The van der Waals surface area contributed by atoms with Crippen LogP contribution >= 0.6 is 11.3 Å². The molecule has 0 atom stereocenters. The molecule has 3 rings (SSSR count). The summed E-state index contributed by atoms with van der Waals surface area (Å²) < 4.78 is 5.31. The van der Waals surface area contributed by atoms with E-state index in [4.69, 9.17) is 4.74 Å². The van der Waals surface area contributed by atoms with Crippen molar-refractivity contribution in [3.05, 3.63) is 71.7 Å². The minimum atomic E-state index is -0.168. The molecule has 0 bridgehead atoms. The minimum Gasteiger partial charge on any atom is -0.496 e. The largest absolute Gasteiger partial charge is 0.496 e. The van der Waals surface area contributed by atoms with E-state index in [0.29, 0.717) is 16.4 Å². The van der Waals surface area contributed by atoms with Gasteiger partial charge in [0.1, 0.15) is 5.75 Å². The van der Waals surface area contributed by atoms with Gasteiger partial charge >= 0.3 is 0 Å². The first-order chi connectivity index (χ1) is 10.8. The van der Waals surface area contributed by atoms with Gasteiger partial charge in [0.05, 0.1) is 18.4 Å². The Kier molecular flexibility index (Phi) is 4.16. The van der Waals surface area contributed by atoms with Gasteiger partial charge in [-0.2, -0.15) is 0 Å². The summed E-state index contributed by atoms with van der Waals surface area (Å²) in [5, 5.41) is 2.47. The van der Waals surface area contributed by atoms with Gasteiger partial charge in [0, 0.05) is 11.6 Å². The van der Waals surface area contributed by atoms with Crippen LogP contribution in [0.5, 0.6) is 5.75 Å². The lowest BCUT2D eigenvalue weighted by molar-refractivity contribution is 0.0996. The maximum absolute atomic E-state index is 13.0. The third-order valence-electron chi connectivity index (χ3n) is 3.17. The van der Waals surface area contributed by atoms with Crippen molar-refractivity contribution >= 4 is 28.1 Å². The molecule has 3 aromatic rings. The molecule has 0 radical (unpaired) electrons. The van der Waals surface area contributed by atoms with Gasteiger partial charge in [-0.1, -0.05) is 30.3 Å². The van der Waals surface area contributed by atoms with Gasteiger partial charge in [0.15, 0.2) is 5.13 Å². The van der Waals surface area contributed by atoms with E-state index in [-0.39, 0.29) is 5.91 Å². The zero-order valence-electron chi connectivity index (χ0n) is 12.0. The lowest BCUT2D eigenvalue weighted by atomic mass is 10.1. The zero-order valence-corrected chi connectivity index (χ0v) is 12.8. The number of nitrogens with zero attached hydrogens (tertiary/aromatic N) is 2. The summed E-state index contributed by atoms with van der Waals surface area (Å²) in [6.45, 7) is 0. The lowest BCUT2D eigenvalue weighted by Gasteiger charge is -2.21. The van der Waals surface area contributed by atoms with Gasteiger partial charge in [-0.05, 0) is 24.3 Å². The number of aromatic nitrogens is 1. The molecular formula is C17H14N2O2S. The molecule has 0 spiro atoms. The summed E-state index contributed by atoms with van der Waals surface area (Å²) in [5.41, 5.74) is 1.28. The van der Waals surface area contributed by atoms with Crippen molar-refractivity contribution in [2.75, 3.05) is 12.0 Å². The topological polar surface area (TPSA) is 42.4 Å². The number of thiazole rings is 1. The van der Waals surface area contributed by atoms with Gasteiger partial charge < -0.3 is 4.74 Å². The number of hydrogen-bond donors (Lipinski definition) is 0. The number of para-hydroxylation sites is 2. The quantitative estimate of drug-likeness (QED) is 0.727. The molecule has 1 amide bonds. The lowest BCUT2D eigenvalue weighted by Crippen LogP contribution is -2.26. The van der Waals surface area contributed by atoms with Crippen LogP contribution in [0.4, 0.5) is 10.8 Å². The van der Waals surface area contributed by atoms with Gasteiger partial charge in [-0.3, -0.25) is 9.69 Å². The fourth-order valence-corrected chi connectivity index (χ4v) is 2.82. The third kappa shape index (κ3) is 2.71. The highest BCUT2D eigenvalue weighted by Gasteiger charge is 2.24. The Morgan fingerprint density at radius 1 is 1.09 bits per heavy atom. The molecule has 0 aliphatic heterocycles. The number of carbonyl (C=O) groups is 1. The van der Waals surface area contributed by atoms with E-state index in [1.54, 1.807) is 30.3 Å². The standard InChI is InChI=1S/C17H14N2O2S/c1-21-15-10-6-5-9-14(15)16(20)19(17-18-11-12-22-17)13-7-3-2-4-8-13/h2-12H,1H3. The molecule has 0 saturated carbocycles. The van der Waals surface area contributed by atoms with E-state index in [0.717, 1.165) is 5.69 Å². The predicted octanol–water partition coefficient (Wildman–Crippen LogP) is 4.13. The molecule has 0 aliphatic rings. The van der Waals surface area contributed by atoms with Gasteiger partial charge in [0.25, 0.3) is 5.91 Å². The molecule has 22 heavy (non-hydrogen) atoms. The molecule has 2 aromatic carbocycles. The number of hydrogen-bond acceptors (Lipinski definition) is 4. The van der Waals surface area contributed by atoms with Crippen LogP contribution in [-0.4, -0.2) is 18.0 Å². The summed E-state index contributed by atoms with van der Waals surface area (Å²) in [4.78, 5) is 18.9. The summed E-state index contributed by atoms with van der Waals surface area (Å²) in [6.07, 6.45) is 1.69.